The zero-order chi connectivity index (χ0) is 16.9. The minimum Gasteiger partial charge on any atom is -0.470 e. The van der Waals surface area contributed by atoms with E-state index in [2.05, 4.69) is 27.0 Å². The molecule has 6 heteroatoms. The van der Waals surface area contributed by atoms with Crippen LogP contribution < -0.4 is 0 Å². The number of furan rings is 1. The van der Waals surface area contributed by atoms with Gasteiger partial charge in [0.2, 0.25) is 0 Å². The maximum absolute atomic E-state index is 13.0. The quantitative estimate of drug-likeness (QED) is 0.549. The molecule has 124 valence electrons. The predicted octanol–water partition coefficient (Wildman–Crippen LogP) is 6.39. The second-order valence-corrected chi connectivity index (χ2v) is 6.85. The van der Waals surface area contributed by atoms with Crippen molar-refractivity contribution in [3.63, 3.8) is 0 Å². The first-order valence-electron chi connectivity index (χ1n) is 7.66. The number of aliphatic imine (C=N–C) groups is 1. The normalized spacial score (nSPS) is 20.1. The van der Waals surface area contributed by atoms with Crippen LogP contribution in [0, 0.1) is 0 Å². The summed E-state index contributed by atoms with van der Waals surface area (Å²) >= 11 is 3.08. The molecule has 0 N–H and O–H groups in total. The summed E-state index contributed by atoms with van der Waals surface area (Å²) in [6.07, 6.45) is 3.89. The number of hydrogen-bond donors (Lipinski definition) is 0. The van der Waals surface area contributed by atoms with Gasteiger partial charge in [0.25, 0.3) is 0 Å². The van der Waals surface area contributed by atoms with Gasteiger partial charge in [0.05, 0.1) is 11.8 Å². The maximum Gasteiger partial charge on any atom is 0.417 e. The van der Waals surface area contributed by atoms with Crippen LogP contribution in [0.15, 0.2) is 56.3 Å². The molecule has 1 aliphatic carbocycles. The van der Waals surface area contributed by atoms with Crippen LogP contribution in [0.3, 0.4) is 0 Å². The Morgan fingerprint density at radius 3 is 2.79 bits per heavy atom. The van der Waals surface area contributed by atoms with Gasteiger partial charge >= 0.3 is 6.18 Å². The van der Waals surface area contributed by atoms with Crippen LogP contribution in [-0.4, -0.2) is 5.71 Å². The second-order valence-electron chi connectivity index (χ2n) is 5.99. The van der Waals surface area contributed by atoms with Crippen LogP contribution >= 0.6 is 15.9 Å². The van der Waals surface area contributed by atoms with Crippen LogP contribution in [-0.2, 0) is 6.18 Å². The zero-order valence-electron chi connectivity index (χ0n) is 12.5. The monoisotopic (exact) mass is 395 g/mol. The van der Waals surface area contributed by atoms with E-state index in [4.69, 9.17) is 4.42 Å². The summed E-state index contributed by atoms with van der Waals surface area (Å²) < 4.78 is 44.4. The average molecular weight is 396 g/mol. The Morgan fingerprint density at radius 2 is 2.04 bits per heavy atom. The summed E-state index contributed by atoms with van der Waals surface area (Å²) in [6.45, 7) is 0. The van der Waals surface area contributed by atoms with E-state index >= 15 is 0 Å². The Balaban J connectivity index is 1.85. The molecule has 24 heavy (non-hydrogen) atoms. The predicted molar refractivity (Wildman–Crippen MR) is 88.7 cm³/mol. The van der Waals surface area contributed by atoms with E-state index in [1.807, 2.05) is 0 Å². The highest BCUT2D eigenvalue weighted by atomic mass is 79.9. The number of rotatable bonds is 1. The number of fused-ring (bicyclic) bond motifs is 2. The van der Waals surface area contributed by atoms with Crippen LogP contribution in [0.1, 0.15) is 41.9 Å². The second kappa shape index (κ2) is 5.62. The Kier molecular flexibility index (Phi) is 3.67. The molecular formula is C18H13BrF3NO. The summed E-state index contributed by atoms with van der Waals surface area (Å²) in [6, 6.07) is 4.24. The van der Waals surface area contributed by atoms with Crippen LogP contribution in [0.4, 0.5) is 18.9 Å². The lowest BCUT2D eigenvalue weighted by Crippen LogP contribution is -2.19. The molecule has 1 aromatic carbocycles. The molecule has 2 heterocycles. The molecule has 0 saturated heterocycles. The molecular weight excluding hydrogens is 383 g/mol. The molecule has 0 spiro atoms. The van der Waals surface area contributed by atoms with Gasteiger partial charge in [0.1, 0.15) is 12.0 Å². The molecule has 1 aromatic heterocycles. The summed E-state index contributed by atoms with van der Waals surface area (Å²) in [5.41, 5.74) is 3.90. The van der Waals surface area contributed by atoms with Gasteiger partial charge < -0.3 is 4.42 Å². The van der Waals surface area contributed by atoms with Crippen molar-refractivity contribution >= 4 is 27.3 Å². The molecule has 2 aliphatic rings. The molecule has 0 amide bonds. The third-order valence-corrected chi connectivity index (χ3v) is 5.15. The van der Waals surface area contributed by atoms with Gasteiger partial charge in [-0.3, -0.25) is 0 Å². The standard InChI is InChI=1S/C18H13BrF3NO/c19-14-7-10(5-6-13(14)18(20,21)22)17-11-3-1-2-4-15(11)23-16-9-24-8-12(16)17/h3,5-9,17H,1-2,4H2. The number of benzene rings is 1. The first kappa shape index (κ1) is 15.7. The van der Waals surface area contributed by atoms with Gasteiger partial charge in [-0.2, -0.15) is 13.2 Å². The first-order valence-corrected chi connectivity index (χ1v) is 8.45. The van der Waals surface area contributed by atoms with Crippen molar-refractivity contribution in [2.75, 3.05) is 0 Å². The number of alkyl halides is 3. The topological polar surface area (TPSA) is 25.5 Å². The van der Waals surface area contributed by atoms with E-state index in [9.17, 15) is 13.2 Å². The maximum atomic E-state index is 13.0. The van der Waals surface area contributed by atoms with Crippen molar-refractivity contribution in [2.24, 2.45) is 4.99 Å². The van der Waals surface area contributed by atoms with Crippen molar-refractivity contribution in [1.82, 2.24) is 0 Å². The number of hydrogen-bond acceptors (Lipinski definition) is 2. The summed E-state index contributed by atoms with van der Waals surface area (Å²) in [4.78, 5) is 4.65. The zero-order valence-corrected chi connectivity index (χ0v) is 14.1. The molecule has 0 radical (unpaired) electrons. The van der Waals surface area contributed by atoms with E-state index in [0.29, 0.717) is 0 Å². The average Bonchev–Trinajstić information content (AvgIpc) is 2.99. The molecule has 1 atom stereocenters. The minimum atomic E-state index is -4.37. The lowest BCUT2D eigenvalue weighted by Gasteiger charge is -2.29. The Hall–Kier alpha value is -1.82. The van der Waals surface area contributed by atoms with Crippen molar-refractivity contribution in [3.8, 4) is 0 Å². The highest BCUT2D eigenvalue weighted by molar-refractivity contribution is 9.10. The van der Waals surface area contributed by atoms with Crippen molar-refractivity contribution in [2.45, 2.75) is 31.4 Å². The third kappa shape index (κ3) is 2.53. The molecule has 1 unspecified atom stereocenters. The number of nitrogens with zero attached hydrogens (tertiary/aromatic N) is 1. The van der Waals surface area contributed by atoms with E-state index in [1.165, 1.54) is 0 Å². The van der Waals surface area contributed by atoms with Gasteiger partial charge in [0.15, 0.2) is 0 Å². The van der Waals surface area contributed by atoms with E-state index in [0.717, 1.165) is 53.4 Å². The van der Waals surface area contributed by atoms with Crippen LogP contribution in [0.5, 0.6) is 0 Å². The van der Waals surface area contributed by atoms with Gasteiger partial charge in [-0.1, -0.05) is 28.1 Å². The van der Waals surface area contributed by atoms with Gasteiger partial charge in [-0.15, -0.1) is 0 Å². The molecule has 1 aliphatic heterocycles. The lowest BCUT2D eigenvalue weighted by molar-refractivity contribution is -0.138. The third-order valence-electron chi connectivity index (χ3n) is 4.49. The molecule has 0 bridgehead atoms. The minimum absolute atomic E-state index is 0.0537. The summed E-state index contributed by atoms with van der Waals surface area (Å²) in [5.74, 6) is -0.134. The first-order chi connectivity index (χ1) is 11.4. The Labute approximate surface area is 145 Å². The van der Waals surface area contributed by atoms with Crippen molar-refractivity contribution in [3.05, 3.63) is 63.5 Å². The van der Waals surface area contributed by atoms with E-state index in [1.54, 1.807) is 24.7 Å². The largest absolute Gasteiger partial charge is 0.470 e. The van der Waals surface area contributed by atoms with E-state index < -0.39 is 11.7 Å². The fourth-order valence-electron chi connectivity index (χ4n) is 3.41. The van der Waals surface area contributed by atoms with Gasteiger partial charge in [-0.25, -0.2) is 4.99 Å². The highest BCUT2D eigenvalue weighted by Gasteiger charge is 2.35. The molecule has 0 fully saturated rings. The fourth-order valence-corrected chi connectivity index (χ4v) is 4.04. The van der Waals surface area contributed by atoms with Gasteiger partial charge in [0, 0.05) is 21.7 Å². The molecule has 2 aromatic rings. The molecule has 4 rings (SSSR count). The molecule has 2 nitrogen and oxygen atoms in total. The molecule has 0 saturated carbocycles. The van der Waals surface area contributed by atoms with Crippen LogP contribution in [0.2, 0.25) is 0 Å². The van der Waals surface area contributed by atoms with E-state index in [-0.39, 0.29) is 10.4 Å². The van der Waals surface area contributed by atoms with Crippen molar-refractivity contribution in [1.29, 1.82) is 0 Å². The lowest BCUT2D eigenvalue weighted by atomic mass is 9.77. The number of allylic oxidation sites excluding steroid dienone is 2. The summed E-state index contributed by atoms with van der Waals surface area (Å²) in [7, 11) is 0. The SMILES string of the molecule is FC(F)(F)c1ccc(C2C3=CCCCC3=Nc3cocc32)cc1Br. The number of halogens is 4. The Morgan fingerprint density at radius 1 is 1.21 bits per heavy atom. The fraction of sp³-hybridized carbons (Fsp3) is 0.278. The highest BCUT2D eigenvalue weighted by Crippen LogP contribution is 2.46. The smallest absolute Gasteiger partial charge is 0.417 e. The van der Waals surface area contributed by atoms with Crippen molar-refractivity contribution < 1.29 is 17.6 Å². The Bertz CT molecular complexity index is 863. The van der Waals surface area contributed by atoms with Crippen LogP contribution in [0.25, 0.3) is 0 Å². The summed E-state index contributed by atoms with van der Waals surface area (Å²) in [5, 5.41) is 0. The van der Waals surface area contributed by atoms with Gasteiger partial charge in [-0.05, 0) is 42.5 Å².